The molecule has 0 aliphatic carbocycles. The highest BCUT2D eigenvalue weighted by Gasteiger charge is 2.07. The summed E-state index contributed by atoms with van der Waals surface area (Å²) < 4.78 is 0.901. The Morgan fingerprint density at radius 2 is 1.67 bits per heavy atom. The Morgan fingerprint density at radius 1 is 1.00 bits per heavy atom. The summed E-state index contributed by atoms with van der Waals surface area (Å²) in [5.74, 6) is 1.69. The second-order valence-corrected chi connectivity index (χ2v) is 5.62. The maximum absolute atomic E-state index is 4.28. The number of halogens is 1. The summed E-state index contributed by atoms with van der Waals surface area (Å²) >= 11 is 3.56. The molecule has 0 aliphatic rings. The van der Waals surface area contributed by atoms with E-state index in [4.69, 9.17) is 0 Å². The van der Waals surface area contributed by atoms with Gasteiger partial charge >= 0.3 is 0 Å². The summed E-state index contributed by atoms with van der Waals surface area (Å²) in [5.41, 5.74) is 1.37. The van der Waals surface area contributed by atoms with Gasteiger partial charge in [-0.05, 0) is 40.8 Å². The van der Waals surface area contributed by atoms with Crippen LogP contribution in [0.4, 0.5) is 11.6 Å². The molecule has 0 spiro atoms. The molecule has 0 atom stereocenters. The molecule has 0 unspecified atom stereocenters. The number of aromatic nitrogens is 2. The van der Waals surface area contributed by atoms with Gasteiger partial charge in [-0.2, -0.15) is 0 Å². The Bertz CT molecular complexity index is 545. The number of benzene rings is 1. The fourth-order valence-electron chi connectivity index (χ4n) is 2.00. The Balaban J connectivity index is 1.83. The number of hydrogen-bond acceptors (Lipinski definition) is 4. The highest BCUT2D eigenvalue weighted by molar-refractivity contribution is 9.10. The molecule has 0 saturated carbocycles. The van der Waals surface area contributed by atoms with Gasteiger partial charge in [0.2, 0.25) is 0 Å². The standard InChI is InChI=1S/C16H21BrN4/c1-2-10-18-15-14(17)16(21-12-20-15)19-11-6-9-13-7-4-3-5-8-13/h3-5,7-8,12H,2,6,9-11H2,1H3,(H2,18,19,20,21). The van der Waals surface area contributed by atoms with E-state index < -0.39 is 0 Å². The lowest BCUT2D eigenvalue weighted by molar-refractivity contribution is 0.856. The van der Waals surface area contributed by atoms with E-state index in [1.807, 2.05) is 6.07 Å². The molecule has 0 fully saturated rings. The molecule has 0 bridgehead atoms. The van der Waals surface area contributed by atoms with Crippen molar-refractivity contribution in [2.75, 3.05) is 23.7 Å². The van der Waals surface area contributed by atoms with Crippen LogP contribution < -0.4 is 10.6 Å². The average molecular weight is 349 g/mol. The zero-order valence-corrected chi connectivity index (χ0v) is 13.9. The molecule has 0 aliphatic heterocycles. The lowest BCUT2D eigenvalue weighted by Gasteiger charge is -2.11. The largest absolute Gasteiger partial charge is 0.369 e. The first-order chi connectivity index (χ1) is 10.3. The number of anilines is 2. The minimum Gasteiger partial charge on any atom is -0.369 e. The topological polar surface area (TPSA) is 49.8 Å². The maximum atomic E-state index is 4.28. The van der Waals surface area contributed by atoms with Crippen LogP contribution in [0.25, 0.3) is 0 Å². The van der Waals surface area contributed by atoms with E-state index in [9.17, 15) is 0 Å². The van der Waals surface area contributed by atoms with Crippen molar-refractivity contribution >= 4 is 27.6 Å². The quantitative estimate of drug-likeness (QED) is 0.705. The highest BCUT2D eigenvalue weighted by Crippen LogP contribution is 2.26. The number of nitrogens with one attached hydrogen (secondary N) is 2. The van der Waals surface area contributed by atoms with Crippen LogP contribution in [0.1, 0.15) is 25.3 Å². The van der Waals surface area contributed by atoms with Crippen molar-refractivity contribution in [2.45, 2.75) is 26.2 Å². The third kappa shape index (κ3) is 5.01. The predicted octanol–water partition coefficient (Wildman–Crippen LogP) is 4.11. The zero-order valence-electron chi connectivity index (χ0n) is 12.3. The number of aryl methyl sites for hydroxylation is 1. The first-order valence-corrected chi connectivity index (χ1v) is 8.12. The summed E-state index contributed by atoms with van der Waals surface area (Å²) in [6.45, 7) is 3.92. The molecular formula is C16H21BrN4. The average Bonchev–Trinajstić information content (AvgIpc) is 2.53. The molecule has 112 valence electrons. The number of nitrogens with zero attached hydrogens (tertiary/aromatic N) is 2. The Morgan fingerprint density at radius 3 is 2.33 bits per heavy atom. The van der Waals surface area contributed by atoms with Gasteiger partial charge in [-0.15, -0.1) is 0 Å². The molecule has 0 amide bonds. The van der Waals surface area contributed by atoms with Gasteiger partial charge in [0.1, 0.15) is 22.4 Å². The van der Waals surface area contributed by atoms with Crippen molar-refractivity contribution in [2.24, 2.45) is 0 Å². The molecule has 1 heterocycles. The lowest BCUT2D eigenvalue weighted by Crippen LogP contribution is -2.09. The molecule has 2 rings (SSSR count). The smallest absolute Gasteiger partial charge is 0.145 e. The fourth-order valence-corrected chi connectivity index (χ4v) is 2.49. The van der Waals surface area contributed by atoms with Crippen molar-refractivity contribution in [1.82, 2.24) is 9.97 Å². The maximum Gasteiger partial charge on any atom is 0.145 e. The summed E-state index contributed by atoms with van der Waals surface area (Å²) in [5, 5.41) is 6.64. The van der Waals surface area contributed by atoms with Crippen LogP contribution in [0.2, 0.25) is 0 Å². The van der Waals surface area contributed by atoms with E-state index in [2.05, 4.69) is 67.7 Å². The molecule has 0 radical (unpaired) electrons. The molecule has 1 aromatic carbocycles. The van der Waals surface area contributed by atoms with Crippen LogP contribution in [-0.4, -0.2) is 23.1 Å². The third-order valence-corrected chi connectivity index (χ3v) is 3.86. The molecule has 0 saturated heterocycles. The Kier molecular flexibility index (Phi) is 6.47. The van der Waals surface area contributed by atoms with E-state index in [1.54, 1.807) is 6.33 Å². The van der Waals surface area contributed by atoms with Gasteiger partial charge < -0.3 is 10.6 Å². The van der Waals surface area contributed by atoms with Crippen LogP contribution in [0.15, 0.2) is 41.1 Å². The van der Waals surface area contributed by atoms with Crippen LogP contribution in [0.5, 0.6) is 0 Å². The summed E-state index contributed by atoms with van der Waals surface area (Å²) in [4.78, 5) is 8.53. The molecule has 4 nitrogen and oxygen atoms in total. The Labute approximate surface area is 134 Å². The van der Waals surface area contributed by atoms with E-state index >= 15 is 0 Å². The van der Waals surface area contributed by atoms with Gasteiger partial charge in [-0.25, -0.2) is 9.97 Å². The Hall–Kier alpha value is -1.62. The molecule has 2 N–H and O–H groups in total. The minimum absolute atomic E-state index is 0.844. The summed E-state index contributed by atoms with van der Waals surface area (Å²) in [7, 11) is 0. The van der Waals surface area contributed by atoms with Crippen LogP contribution >= 0.6 is 15.9 Å². The fraction of sp³-hybridized carbons (Fsp3) is 0.375. The number of hydrogen-bond donors (Lipinski definition) is 2. The van der Waals surface area contributed by atoms with Crippen molar-refractivity contribution in [3.63, 3.8) is 0 Å². The highest BCUT2D eigenvalue weighted by atomic mass is 79.9. The first-order valence-electron chi connectivity index (χ1n) is 7.33. The van der Waals surface area contributed by atoms with Gasteiger partial charge in [-0.1, -0.05) is 37.3 Å². The van der Waals surface area contributed by atoms with E-state index in [0.29, 0.717) is 0 Å². The monoisotopic (exact) mass is 348 g/mol. The van der Waals surface area contributed by atoms with Crippen LogP contribution in [0.3, 0.4) is 0 Å². The predicted molar refractivity (Wildman–Crippen MR) is 91.8 cm³/mol. The van der Waals surface area contributed by atoms with Crippen molar-refractivity contribution in [3.05, 3.63) is 46.7 Å². The van der Waals surface area contributed by atoms with Gasteiger partial charge in [0.25, 0.3) is 0 Å². The second-order valence-electron chi connectivity index (χ2n) is 4.83. The van der Waals surface area contributed by atoms with Crippen LogP contribution in [0, 0.1) is 0 Å². The van der Waals surface area contributed by atoms with Gasteiger partial charge in [0.15, 0.2) is 0 Å². The minimum atomic E-state index is 0.844. The van der Waals surface area contributed by atoms with Crippen molar-refractivity contribution in [1.29, 1.82) is 0 Å². The van der Waals surface area contributed by atoms with Crippen LogP contribution in [-0.2, 0) is 6.42 Å². The van der Waals surface area contributed by atoms with E-state index in [1.165, 1.54) is 5.56 Å². The molecular weight excluding hydrogens is 328 g/mol. The zero-order chi connectivity index (χ0) is 14.9. The normalized spacial score (nSPS) is 10.4. The summed E-state index contributed by atoms with van der Waals surface area (Å²) in [6, 6.07) is 10.5. The van der Waals surface area contributed by atoms with Gasteiger partial charge in [-0.3, -0.25) is 0 Å². The first kappa shape index (κ1) is 15.8. The molecule has 1 aromatic heterocycles. The van der Waals surface area contributed by atoms with Gasteiger partial charge in [0.05, 0.1) is 0 Å². The van der Waals surface area contributed by atoms with Crippen molar-refractivity contribution < 1.29 is 0 Å². The second kappa shape index (κ2) is 8.62. The SMILES string of the molecule is CCCNc1ncnc(NCCCc2ccccc2)c1Br. The lowest BCUT2D eigenvalue weighted by atomic mass is 10.1. The van der Waals surface area contributed by atoms with Crippen molar-refractivity contribution in [3.8, 4) is 0 Å². The molecule has 2 aromatic rings. The third-order valence-electron chi connectivity index (χ3n) is 3.11. The number of rotatable bonds is 8. The van der Waals surface area contributed by atoms with Gasteiger partial charge in [0, 0.05) is 13.1 Å². The van der Waals surface area contributed by atoms with E-state index in [-0.39, 0.29) is 0 Å². The molecule has 21 heavy (non-hydrogen) atoms. The molecule has 5 heteroatoms. The van der Waals surface area contributed by atoms with E-state index in [0.717, 1.165) is 48.5 Å². The summed E-state index contributed by atoms with van der Waals surface area (Å²) in [6.07, 6.45) is 4.79.